The van der Waals surface area contributed by atoms with Gasteiger partial charge in [0.25, 0.3) is 0 Å². The SMILES string of the molecule is OB(O)c1ccc(Cn2cnc3c(F)cccc32)cc1.OB(O)c1ccc(Cn2cnc3cccc(F)c32)cc1. The van der Waals surface area contributed by atoms with Crippen molar-refractivity contribution in [3.05, 3.63) is 120 Å². The Kier molecular flexibility index (Phi) is 8.04. The lowest BCUT2D eigenvalue weighted by molar-refractivity contribution is 0.424. The molecule has 0 spiro atoms. The van der Waals surface area contributed by atoms with Gasteiger partial charge in [0, 0.05) is 13.1 Å². The normalized spacial score (nSPS) is 10.9. The van der Waals surface area contributed by atoms with Crippen LogP contribution >= 0.6 is 0 Å². The summed E-state index contributed by atoms with van der Waals surface area (Å²) in [6, 6.07) is 23.4. The molecule has 4 aromatic carbocycles. The maximum absolute atomic E-state index is 13.8. The van der Waals surface area contributed by atoms with Crippen molar-refractivity contribution in [3.8, 4) is 0 Å². The van der Waals surface area contributed by atoms with Gasteiger partial charge in [-0.2, -0.15) is 0 Å². The monoisotopic (exact) mass is 540 g/mol. The summed E-state index contributed by atoms with van der Waals surface area (Å²) in [6.07, 6.45) is 3.20. The average Bonchev–Trinajstić information content (AvgIpc) is 3.55. The minimum Gasteiger partial charge on any atom is -0.423 e. The lowest BCUT2D eigenvalue weighted by Crippen LogP contribution is -2.29. The van der Waals surface area contributed by atoms with Gasteiger partial charge in [-0.3, -0.25) is 0 Å². The Balaban J connectivity index is 0.000000161. The Hall–Kier alpha value is -4.35. The Morgan fingerprint density at radius 1 is 0.600 bits per heavy atom. The van der Waals surface area contributed by atoms with Crippen LogP contribution in [0.5, 0.6) is 0 Å². The van der Waals surface area contributed by atoms with Gasteiger partial charge in [-0.05, 0) is 46.3 Å². The number of nitrogens with zero attached hydrogens (tertiary/aromatic N) is 4. The Morgan fingerprint density at radius 2 is 1.12 bits per heavy atom. The molecule has 0 aliphatic rings. The quantitative estimate of drug-likeness (QED) is 0.240. The summed E-state index contributed by atoms with van der Waals surface area (Å²) in [6.45, 7) is 1.01. The summed E-state index contributed by atoms with van der Waals surface area (Å²) in [7, 11) is -2.94. The van der Waals surface area contributed by atoms with Gasteiger partial charge < -0.3 is 29.2 Å². The van der Waals surface area contributed by atoms with Crippen molar-refractivity contribution in [1.29, 1.82) is 0 Å². The van der Waals surface area contributed by atoms with Gasteiger partial charge in [-0.15, -0.1) is 0 Å². The molecule has 0 radical (unpaired) electrons. The van der Waals surface area contributed by atoms with E-state index in [4.69, 9.17) is 20.1 Å². The van der Waals surface area contributed by atoms with Crippen LogP contribution < -0.4 is 10.9 Å². The van der Waals surface area contributed by atoms with Gasteiger partial charge >= 0.3 is 14.2 Å². The predicted octanol–water partition coefficient (Wildman–Crippen LogP) is 1.81. The summed E-state index contributed by atoms with van der Waals surface area (Å²) in [5.41, 5.74) is 4.94. The molecule has 12 heteroatoms. The van der Waals surface area contributed by atoms with E-state index in [1.54, 1.807) is 84.0 Å². The molecule has 6 rings (SSSR count). The van der Waals surface area contributed by atoms with Crippen LogP contribution in [0.15, 0.2) is 97.6 Å². The first-order chi connectivity index (χ1) is 19.3. The number of benzene rings is 4. The Labute approximate surface area is 228 Å². The predicted molar refractivity (Wildman–Crippen MR) is 150 cm³/mol. The number of rotatable bonds is 6. The van der Waals surface area contributed by atoms with Gasteiger partial charge in [0.05, 0.1) is 23.7 Å². The van der Waals surface area contributed by atoms with Crippen LogP contribution in [0.3, 0.4) is 0 Å². The molecule has 0 amide bonds. The van der Waals surface area contributed by atoms with E-state index < -0.39 is 14.2 Å². The number of para-hydroxylation sites is 2. The third-order valence-electron chi connectivity index (χ3n) is 6.45. The van der Waals surface area contributed by atoms with E-state index in [-0.39, 0.29) is 11.6 Å². The van der Waals surface area contributed by atoms with Crippen molar-refractivity contribution in [1.82, 2.24) is 19.1 Å². The lowest BCUT2D eigenvalue weighted by atomic mass is 9.80. The molecule has 0 atom stereocenters. The fourth-order valence-corrected chi connectivity index (χ4v) is 4.36. The number of fused-ring (bicyclic) bond motifs is 2. The number of halogens is 2. The van der Waals surface area contributed by atoms with Crippen LogP contribution in [0.2, 0.25) is 0 Å². The number of hydrogen-bond donors (Lipinski definition) is 4. The molecule has 0 fully saturated rings. The first-order valence-corrected chi connectivity index (χ1v) is 12.4. The van der Waals surface area contributed by atoms with Crippen molar-refractivity contribution in [2.24, 2.45) is 0 Å². The molecule has 6 aromatic rings. The van der Waals surface area contributed by atoms with Crippen LogP contribution in [0.1, 0.15) is 11.1 Å². The molecule has 0 saturated carbocycles. The second-order valence-electron chi connectivity index (χ2n) is 9.19. The second kappa shape index (κ2) is 11.8. The molecule has 0 bridgehead atoms. The maximum atomic E-state index is 13.8. The minimum absolute atomic E-state index is 0.303. The zero-order valence-corrected chi connectivity index (χ0v) is 21.1. The average molecular weight is 540 g/mol. The molecule has 2 heterocycles. The third kappa shape index (κ3) is 5.95. The zero-order chi connectivity index (χ0) is 28.2. The first-order valence-electron chi connectivity index (χ1n) is 12.4. The smallest absolute Gasteiger partial charge is 0.423 e. The zero-order valence-electron chi connectivity index (χ0n) is 21.1. The van der Waals surface area contributed by atoms with Gasteiger partial charge in [-0.25, -0.2) is 18.7 Å². The molecule has 0 aliphatic carbocycles. The molecule has 2 aromatic heterocycles. The number of imidazole rings is 2. The highest BCUT2D eigenvalue weighted by atomic mass is 19.1. The number of aromatic nitrogens is 4. The molecule has 0 unspecified atom stereocenters. The topological polar surface area (TPSA) is 117 Å². The summed E-state index contributed by atoms with van der Waals surface area (Å²) >= 11 is 0. The molecular weight excluding hydrogens is 516 g/mol. The van der Waals surface area contributed by atoms with Crippen LogP contribution in [0, 0.1) is 11.6 Å². The van der Waals surface area contributed by atoms with E-state index in [0.717, 1.165) is 16.6 Å². The lowest BCUT2D eigenvalue weighted by Gasteiger charge is -2.06. The van der Waals surface area contributed by atoms with Crippen LogP contribution in [0.4, 0.5) is 8.78 Å². The van der Waals surface area contributed by atoms with E-state index in [9.17, 15) is 8.78 Å². The van der Waals surface area contributed by atoms with Gasteiger partial charge in [0.2, 0.25) is 0 Å². The summed E-state index contributed by atoms with van der Waals surface area (Å²) < 4.78 is 31.0. The van der Waals surface area contributed by atoms with Crippen LogP contribution in [0.25, 0.3) is 22.1 Å². The van der Waals surface area contributed by atoms with Crippen LogP contribution in [-0.4, -0.2) is 53.4 Å². The molecule has 40 heavy (non-hydrogen) atoms. The van der Waals surface area contributed by atoms with Gasteiger partial charge in [-0.1, -0.05) is 60.7 Å². The third-order valence-corrected chi connectivity index (χ3v) is 6.45. The molecular formula is C28H24B2F2N4O4. The van der Waals surface area contributed by atoms with E-state index in [0.29, 0.717) is 40.6 Å². The van der Waals surface area contributed by atoms with E-state index >= 15 is 0 Å². The van der Waals surface area contributed by atoms with E-state index in [1.165, 1.54) is 12.1 Å². The maximum Gasteiger partial charge on any atom is 0.488 e. The van der Waals surface area contributed by atoms with Crippen molar-refractivity contribution in [3.63, 3.8) is 0 Å². The molecule has 0 aliphatic heterocycles. The van der Waals surface area contributed by atoms with Crippen molar-refractivity contribution >= 4 is 47.2 Å². The van der Waals surface area contributed by atoms with E-state index in [2.05, 4.69) is 9.97 Å². The Bertz CT molecular complexity index is 1740. The van der Waals surface area contributed by atoms with E-state index in [1.807, 2.05) is 10.6 Å². The van der Waals surface area contributed by atoms with Crippen LogP contribution in [-0.2, 0) is 13.1 Å². The van der Waals surface area contributed by atoms with Gasteiger partial charge in [0.1, 0.15) is 16.9 Å². The molecule has 4 N–H and O–H groups in total. The molecule has 0 saturated heterocycles. The minimum atomic E-state index is -1.48. The highest BCUT2D eigenvalue weighted by Gasteiger charge is 2.12. The highest BCUT2D eigenvalue weighted by Crippen LogP contribution is 2.18. The summed E-state index contributed by atoms with van der Waals surface area (Å²) in [5.74, 6) is -0.637. The first kappa shape index (κ1) is 27.2. The molecule has 200 valence electrons. The van der Waals surface area contributed by atoms with Crippen molar-refractivity contribution in [2.75, 3.05) is 0 Å². The Morgan fingerprint density at radius 3 is 1.73 bits per heavy atom. The summed E-state index contributed by atoms with van der Waals surface area (Å²) in [4.78, 5) is 8.23. The highest BCUT2D eigenvalue weighted by molar-refractivity contribution is 6.58. The largest absolute Gasteiger partial charge is 0.488 e. The fourth-order valence-electron chi connectivity index (χ4n) is 4.36. The molecule has 8 nitrogen and oxygen atoms in total. The van der Waals surface area contributed by atoms with Crippen molar-refractivity contribution < 1.29 is 28.9 Å². The van der Waals surface area contributed by atoms with Crippen molar-refractivity contribution in [2.45, 2.75) is 13.1 Å². The fraction of sp³-hybridized carbons (Fsp3) is 0.0714. The standard InChI is InChI=1S/2C14H12BFN2O2/c16-12-2-1-3-13-14(12)17-9-18(13)8-10-4-6-11(7-5-10)15(19)20;16-12-2-1-3-13-14(12)18(9-17-13)8-10-4-6-11(7-5-10)15(19)20/h2*1-7,9,19-20H,8H2. The summed E-state index contributed by atoms with van der Waals surface area (Å²) in [5, 5.41) is 36.2. The number of hydrogen-bond acceptors (Lipinski definition) is 6. The second-order valence-corrected chi connectivity index (χ2v) is 9.19. The van der Waals surface area contributed by atoms with Gasteiger partial charge in [0.15, 0.2) is 5.82 Å².